The largest absolute Gasteiger partial charge is 0.368 e. The lowest BCUT2D eigenvalue weighted by Gasteiger charge is -2.33. The summed E-state index contributed by atoms with van der Waals surface area (Å²) < 4.78 is 0. The number of rotatable bonds is 5. The van der Waals surface area contributed by atoms with E-state index in [2.05, 4.69) is 39.1 Å². The van der Waals surface area contributed by atoms with Gasteiger partial charge in [0, 0.05) is 36.3 Å². The minimum Gasteiger partial charge on any atom is -0.368 e. The molecular weight excluding hydrogens is 362 g/mol. The molecule has 2 heterocycles. The Hall–Kier alpha value is -3.25. The van der Waals surface area contributed by atoms with Gasteiger partial charge in [0.15, 0.2) is 0 Å². The van der Waals surface area contributed by atoms with Crippen molar-refractivity contribution >= 4 is 11.9 Å². The maximum atomic E-state index is 11.4. The fourth-order valence-corrected chi connectivity index (χ4v) is 4.02. The lowest BCUT2D eigenvalue weighted by Crippen LogP contribution is -2.34. The van der Waals surface area contributed by atoms with Crippen molar-refractivity contribution in [3.05, 3.63) is 77.6 Å². The minimum atomic E-state index is -0.436. The van der Waals surface area contributed by atoms with Crippen molar-refractivity contribution in [1.29, 1.82) is 0 Å². The lowest BCUT2D eigenvalue weighted by atomic mass is 9.89. The molecule has 1 aromatic heterocycles. The number of anilines is 1. The predicted molar refractivity (Wildman–Crippen MR) is 114 cm³/mol. The Morgan fingerprint density at radius 2 is 1.86 bits per heavy atom. The Kier molecular flexibility index (Phi) is 5.53. The van der Waals surface area contributed by atoms with Gasteiger partial charge in [0.2, 0.25) is 11.9 Å². The van der Waals surface area contributed by atoms with Crippen LogP contribution in [0.5, 0.6) is 0 Å². The summed E-state index contributed by atoms with van der Waals surface area (Å²) in [6.45, 7) is 2.94. The van der Waals surface area contributed by atoms with Crippen molar-refractivity contribution < 1.29 is 4.79 Å². The van der Waals surface area contributed by atoms with Crippen LogP contribution in [0, 0.1) is 0 Å². The molecule has 1 amide bonds. The monoisotopic (exact) mass is 387 g/mol. The van der Waals surface area contributed by atoms with Gasteiger partial charge in [0.25, 0.3) is 0 Å². The zero-order valence-electron chi connectivity index (χ0n) is 16.3. The van der Waals surface area contributed by atoms with E-state index in [1.54, 1.807) is 18.3 Å². The molecule has 1 saturated heterocycles. The smallest absolute Gasteiger partial charge is 0.248 e. The van der Waals surface area contributed by atoms with E-state index in [-0.39, 0.29) is 11.9 Å². The van der Waals surface area contributed by atoms with Crippen LogP contribution in [0.2, 0.25) is 0 Å². The molecule has 0 bridgehead atoms. The second-order valence-electron chi connectivity index (χ2n) is 7.53. The van der Waals surface area contributed by atoms with Gasteiger partial charge in [-0.2, -0.15) is 0 Å². The third-order valence-electron chi connectivity index (χ3n) is 5.46. The quantitative estimate of drug-likeness (QED) is 0.700. The van der Waals surface area contributed by atoms with Gasteiger partial charge in [-0.1, -0.05) is 42.5 Å². The molecule has 0 aliphatic carbocycles. The van der Waals surface area contributed by atoms with Gasteiger partial charge in [-0.15, -0.1) is 0 Å². The second kappa shape index (κ2) is 8.41. The average molecular weight is 387 g/mol. The summed E-state index contributed by atoms with van der Waals surface area (Å²) in [4.78, 5) is 22.7. The highest BCUT2D eigenvalue weighted by molar-refractivity contribution is 5.93. The number of nitrogens with two attached hydrogens (primary N) is 2. The molecule has 1 aliphatic heterocycles. The third-order valence-corrected chi connectivity index (χ3v) is 5.46. The van der Waals surface area contributed by atoms with E-state index in [9.17, 15) is 4.79 Å². The molecule has 4 rings (SSSR count). The maximum absolute atomic E-state index is 11.4. The topological polar surface area (TPSA) is 98.1 Å². The Morgan fingerprint density at radius 3 is 2.59 bits per heavy atom. The molecule has 148 valence electrons. The van der Waals surface area contributed by atoms with E-state index in [0.29, 0.717) is 5.56 Å². The Bertz CT molecular complexity index is 988. The molecule has 0 saturated carbocycles. The van der Waals surface area contributed by atoms with Crippen molar-refractivity contribution in [3.8, 4) is 11.1 Å². The first-order valence-electron chi connectivity index (χ1n) is 9.89. The number of hydrogen-bond acceptors (Lipinski definition) is 5. The summed E-state index contributed by atoms with van der Waals surface area (Å²) in [5.41, 5.74) is 16.0. The summed E-state index contributed by atoms with van der Waals surface area (Å²) in [6, 6.07) is 17.8. The molecule has 0 radical (unpaired) electrons. The zero-order chi connectivity index (χ0) is 20.2. The first-order chi connectivity index (χ1) is 14.1. The van der Waals surface area contributed by atoms with E-state index >= 15 is 0 Å². The van der Waals surface area contributed by atoms with Crippen LogP contribution < -0.4 is 11.5 Å². The van der Waals surface area contributed by atoms with Crippen molar-refractivity contribution in [1.82, 2.24) is 14.9 Å². The predicted octanol–water partition coefficient (Wildman–Crippen LogP) is 3.20. The molecule has 0 spiro atoms. The van der Waals surface area contributed by atoms with Gasteiger partial charge in [-0.25, -0.2) is 9.97 Å². The number of benzene rings is 2. The van der Waals surface area contributed by atoms with Gasteiger partial charge in [0.05, 0.1) is 5.69 Å². The van der Waals surface area contributed by atoms with Crippen LogP contribution in [0.4, 0.5) is 5.95 Å². The van der Waals surface area contributed by atoms with E-state index in [0.717, 1.165) is 49.3 Å². The number of carbonyl (C=O) groups is 1. The number of nitrogens with zero attached hydrogens (tertiary/aromatic N) is 3. The number of likely N-dealkylation sites (tertiary alicyclic amines) is 1. The van der Waals surface area contributed by atoms with E-state index in [1.807, 2.05) is 18.2 Å². The summed E-state index contributed by atoms with van der Waals surface area (Å²) >= 11 is 0. The molecule has 0 unspecified atom stereocenters. The number of primary amides is 1. The van der Waals surface area contributed by atoms with Crippen LogP contribution in [0.1, 0.15) is 40.4 Å². The summed E-state index contributed by atoms with van der Waals surface area (Å²) in [5, 5.41) is 0. The summed E-state index contributed by atoms with van der Waals surface area (Å²) in [6.07, 6.45) is 3.96. The average Bonchev–Trinajstić information content (AvgIpc) is 2.75. The van der Waals surface area contributed by atoms with Crippen LogP contribution >= 0.6 is 0 Å². The normalized spacial score (nSPS) is 17.2. The van der Waals surface area contributed by atoms with Crippen LogP contribution in [0.15, 0.2) is 60.8 Å². The highest BCUT2D eigenvalue weighted by Crippen LogP contribution is 2.33. The molecule has 29 heavy (non-hydrogen) atoms. The van der Waals surface area contributed by atoms with Crippen molar-refractivity contribution in [3.63, 3.8) is 0 Å². The standard InChI is InChI=1S/C23H25N5O/c24-22(29)18-10-8-17(9-11-18)20-13-26-23(25)27-21(20)19-7-4-12-28(15-19)14-16-5-2-1-3-6-16/h1-3,5-6,8-11,13,19H,4,7,12,14-15H2,(H2,24,29)(H2,25,26,27)/t19-/m1/s1. The minimum absolute atomic E-state index is 0.281. The number of carbonyl (C=O) groups excluding carboxylic acids is 1. The summed E-state index contributed by atoms with van der Waals surface area (Å²) in [7, 11) is 0. The van der Waals surface area contributed by atoms with Crippen molar-refractivity contribution in [2.45, 2.75) is 25.3 Å². The highest BCUT2D eigenvalue weighted by atomic mass is 16.1. The van der Waals surface area contributed by atoms with Crippen LogP contribution in [0.3, 0.4) is 0 Å². The number of nitrogen functional groups attached to an aromatic ring is 1. The molecule has 6 heteroatoms. The first kappa shape index (κ1) is 19.1. The Labute approximate surface area is 170 Å². The molecule has 1 fully saturated rings. The van der Waals surface area contributed by atoms with Crippen LogP contribution in [-0.4, -0.2) is 33.9 Å². The molecule has 2 aromatic carbocycles. The summed E-state index contributed by atoms with van der Waals surface area (Å²) in [5.74, 6) is 0.135. The number of hydrogen-bond donors (Lipinski definition) is 2. The number of aromatic nitrogens is 2. The van der Waals surface area contributed by atoms with E-state index in [1.165, 1.54) is 5.56 Å². The zero-order valence-corrected chi connectivity index (χ0v) is 16.3. The SMILES string of the molecule is NC(=O)c1ccc(-c2cnc(N)nc2[C@@H]2CCCN(Cc3ccccc3)C2)cc1. The second-order valence-corrected chi connectivity index (χ2v) is 7.53. The molecular formula is C23H25N5O. The lowest BCUT2D eigenvalue weighted by molar-refractivity contribution is 0.100. The van der Waals surface area contributed by atoms with E-state index < -0.39 is 5.91 Å². The van der Waals surface area contributed by atoms with Gasteiger partial charge in [-0.05, 0) is 42.6 Å². The first-order valence-corrected chi connectivity index (χ1v) is 9.89. The maximum Gasteiger partial charge on any atom is 0.248 e. The van der Waals surface area contributed by atoms with Gasteiger partial charge < -0.3 is 11.5 Å². The van der Waals surface area contributed by atoms with Gasteiger partial charge in [0.1, 0.15) is 0 Å². The number of piperidine rings is 1. The highest BCUT2D eigenvalue weighted by Gasteiger charge is 2.25. The Morgan fingerprint density at radius 1 is 1.10 bits per heavy atom. The molecule has 1 atom stereocenters. The fraction of sp³-hybridized carbons (Fsp3) is 0.261. The van der Waals surface area contributed by atoms with Crippen LogP contribution in [0.25, 0.3) is 11.1 Å². The molecule has 6 nitrogen and oxygen atoms in total. The van der Waals surface area contributed by atoms with E-state index in [4.69, 9.17) is 11.5 Å². The van der Waals surface area contributed by atoms with Crippen LogP contribution in [-0.2, 0) is 6.54 Å². The van der Waals surface area contributed by atoms with Gasteiger partial charge in [-0.3, -0.25) is 9.69 Å². The molecule has 3 aromatic rings. The van der Waals surface area contributed by atoms with Gasteiger partial charge >= 0.3 is 0 Å². The fourth-order valence-electron chi connectivity index (χ4n) is 4.02. The molecule has 1 aliphatic rings. The molecule has 4 N–H and O–H groups in total. The van der Waals surface area contributed by atoms with Crippen molar-refractivity contribution in [2.24, 2.45) is 5.73 Å². The number of amides is 1. The third kappa shape index (κ3) is 4.43. The van der Waals surface area contributed by atoms with Crippen molar-refractivity contribution in [2.75, 3.05) is 18.8 Å². The Balaban J connectivity index is 1.60.